The van der Waals surface area contributed by atoms with Crippen molar-refractivity contribution >= 4 is 22.6 Å². The number of nitrogens with zero attached hydrogens (tertiary/aromatic N) is 2. The number of imidazole rings is 1. The lowest BCUT2D eigenvalue weighted by Gasteiger charge is -2.41. The number of hydrogen-bond acceptors (Lipinski definition) is 2. The van der Waals surface area contributed by atoms with Gasteiger partial charge in [-0.15, -0.1) is 11.6 Å². The third-order valence-electron chi connectivity index (χ3n) is 4.30. The Kier molecular flexibility index (Phi) is 3.41. The van der Waals surface area contributed by atoms with Gasteiger partial charge in [-0.1, -0.05) is 6.07 Å². The standard InChI is InChI=1S/C16H21ClN2O/c1-4-20-13-8-5-7-12-14(13)18-15(11(2)17)19(12)16(3)9-6-10-16/h5,7-8,11H,4,6,9-10H2,1-3H3. The van der Waals surface area contributed by atoms with Crippen LogP contribution in [0.25, 0.3) is 11.0 Å². The zero-order chi connectivity index (χ0) is 14.3. The number of hydrogen-bond donors (Lipinski definition) is 0. The van der Waals surface area contributed by atoms with Crippen molar-refractivity contribution in [2.24, 2.45) is 0 Å². The number of para-hydroxylation sites is 1. The highest BCUT2D eigenvalue weighted by molar-refractivity contribution is 6.20. The molecule has 3 nitrogen and oxygen atoms in total. The van der Waals surface area contributed by atoms with E-state index in [2.05, 4.69) is 17.6 Å². The second-order valence-corrected chi connectivity index (χ2v) is 6.48. The number of benzene rings is 1. The number of aromatic nitrogens is 2. The Hall–Kier alpha value is -1.22. The van der Waals surface area contributed by atoms with Crippen LogP contribution in [0.5, 0.6) is 5.75 Å². The Balaban J connectivity index is 2.25. The van der Waals surface area contributed by atoms with Crippen LogP contribution in [0.2, 0.25) is 0 Å². The summed E-state index contributed by atoms with van der Waals surface area (Å²) in [7, 11) is 0. The summed E-state index contributed by atoms with van der Waals surface area (Å²) in [5.41, 5.74) is 2.23. The molecule has 1 heterocycles. The lowest BCUT2D eigenvalue weighted by atomic mass is 9.78. The highest BCUT2D eigenvalue weighted by atomic mass is 35.5. The largest absolute Gasteiger partial charge is 0.492 e. The van der Waals surface area contributed by atoms with Gasteiger partial charge in [0, 0.05) is 5.54 Å². The monoisotopic (exact) mass is 292 g/mol. The smallest absolute Gasteiger partial charge is 0.147 e. The first-order valence-electron chi connectivity index (χ1n) is 7.35. The summed E-state index contributed by atoms with van der Waals surface area (Å²) in [5.74, 6) is 1.81. The van der Waals surface area contributed by atoms with E-state index in [-0.39, 0.29) is 10.9 Å². The van der Waals surface area contributed by atoms with Crippen LogP contribution in [0.1, 0.15) is 51.2 Å². The van der Waals surface area contributed by atoms with Gasteiger partial charge in [0.1, 0.15) is 17.1 Å². The maximum Gasteiger partial charge on any atom is 0.147 e. The van der Waals surface area contributed by atoms with Crippen molar-refractivity contribution in [2.75, 3.05) is 6.61 Å². The molecule has 1 unspecified atom stereocenters. The Morgan fingerprint density at radius 1 is 1.45 bits per heavy atom. The van der Waals surface area contributed by atoms with Crippen LogP contribution in [0, 0.1) is 0 Å². The van der Waals surface area contributed by atoms with Crippen molar-refractivity contribution in [1.29, 1.82) is 0 Å². The Morgan fingerprint density at radius 2 is 2.20 bits per heavy atom. The molecule has 1 aromatic carbocycles. The second-order valence-electron chi connectivity index (χ2n) is 5.83. The molecule has 1 aliphatic rings. The summed E-state index contributed by atoms with van der Waals surface area (Å²) < 4.78 is 8.05. The minimum Gasteiger partial charge on any atom is -0.492 e. The fourth-order valence-corrected chi connectivity index (χ4v) is 3.26. The molecular formula is C16H21ClN2O. The molecule has 1 atom stereocenters. The molecule has 3 rings (SSSR count). The maximum atomic E-state index is 6.37. The number of rotatable bonds is 4. The summed E-state index contributed by atoms with van der Waals surface area (Å²) in [6.07, 6.45) is 3.65. The molecule has 0 bridgehead atoms. The normalized spacial score (nSPS) is 18.8. The van der Waals surface area contributed by atoms with Crippen LogP contribution in [0.4, 0.5) is 0 Å². The molecule has 0 aliphatic heterocycles. The second kappa shape index (κ2) is 4.96. The van der Waals surface area contributed by atoms with Gasteiger partial charge in [-0.05, 0) is 52.2 Å². The van der Waals surface area contributed by atoms with Gasteiger partial charge in [-0.25, -0.2) is 4.98 Å². The van der Waals surface area contributed by atoms with Crippen LogP contribution in [-0.4, -0.2) is 16.2 Å². The Labute approximate surface area is 124 Å². The van der Waals surface area contributed by atoms with Gasteiger partial charge in [0.2, 0.25) is 0 Å². The first-order chi connectivity index (χ1) is 9.57. The van der Waals surface area contributed by atoms with Crippen LogP contribution >= 0.6 is 11.6 Å². The average Bonchev–Trinajstić information content (AvgIpc) is 2.77. The topological polar surface area (TPSA) is 27.1 Å². The summed E-state index contributed by atoms with van der Waals surface area (Å²) >= 11 is 6.37. The number of fused-ring (bicyclic) bond motifs is 1. The number of alkyl halides is 1. The third-order valence-corrected chi connectivity index (χ3v) is 4.50. The highest BCUT2D eigenvalue weighted by Gasteiger charge is 2.37. The molecule has 1 fully saturated rings. The maximum absolute atomic E-state index is 6.37. The number of ether oxygens (including phenoxy) is 1. The summed E-state index contributed by atoms with van der Waals surface area (Å²) in [5, 5.41) is -0.102. The molecule has 20 heavy (non-hydrogen) atoms. The Bertz CT molecular complexity index is 629. The van der Waals surface area contributed by atoms with E-state index in [4.69, 9.17) is 21.3 Å². The molecule has 2 aromatic rings. The van der Waals surface area contributed by atoms with Crippen molar-refractivity contribution in [3.05, 3.63) is 24.0 Å². The molecule has 4 heteroatoms. The van der Waals surface area contributed by atoms with Crippen molar-refractivity contribution in [3.63, 3.8) is 0 Å². The molecule has 1 aromatic heterocycles. The molecule has 1 aliphatic carbocycles. The fourth-order valence-electron chi connectivity index (χ4n) is 3.11. The highest BCUT2D eigenvalue weighted by Crippen LogP contribution is 2.44. The van der Waals surface area contributed by atoms with Crippen molar-refractivity contribution in [1.82, 2.24) is 9.55 Å². The van der Waals surface area contributed by atoms with Gasteiger partial charge < -0.3 is 9.30 Å². The fraction of sp³-hybridized carbons (Fsp3) is 0.562. The number of halogens is 1. The van der Waals surface area contributed by atoms with Crippen molar-refractivity contribution in [2.45, 2.75) is 50.9 Å². The van der Waals surface area contributed by atoms with Crippen LogP contribution in [-0.2, 0) is 5.54 Å². The molecular weight excluding hydrogens is 272 g/mol. The summed E-state index contributed by atoms with van der Waals surface area (Å²) in [4.78, 5) is 4.78. The SMILES string of the molecule is CCOc1cccc2c1nc(C(C)Cl)n2C1(C)CCC1. The molecule has 108 valence electrons. The zero-order valence-corrected chi connectivity index (χ0v) is 13.1. The molecule has 0 amide bonds. The van der Waals surface area contributed by atoms with Gasteiger partial charge in [0.05, 0.1) is 17.5 Å². The van der Waals surface area contributed by atoms with Gasteiger partial charge in [-0.3, -0.25) is 0 Å². The van der Waals surface area contributed by atoms with Crippen LogP contribution in [0.15, 0.2) is 18.2 Å². The van der Waals surface area contributed by atoms with E-state index in [1.807, 2.05) is 26.0 Å². The lowest BCUT2D eigenvalue weighted by molar-refractivity contribution is 0.169. The first-order valence-corrected chi connectivity index (χ1v) is 7.79. The molecule has 0 saturated heterocycles. The predicted molar refractivity (Wildman–Crippen MR) is 82.7 cm³/mol. The van der Waals surface area contributed by atoms with E-state index in [1.54, 1.807) is 0 Å². The molecule has 0 N–H and O–H groups in total. The first kappa shape index (κ1) is 13.7. The van der Waals surface area contributed by atoms with Crippen molar-refractivity contribution < 1.29 is 4.74 Å². The lowest BCUT2D eigenvalue weighted by Crippen LogP contribution is -2.38. The van der Waals surface area contributed by atoms with Gasteiger partial charge in [-0.2, -0.15) is 0 Å². The van der Waals surface area contributed by atoms with Crippen LogP contribution < -0.4 is 4.74 Å². The van der Waals surface area contributed by atoms with E-state index in [9.17, 15) is 0 Å². The molecule has 1 saturated carbocycles. The van der Waals surface area contributed by atoms with Gasteiger partial charge >= 0.3 is 0 Å². The minimum absolute atomic E-state index is 0.102. The third kappa shape index (κ3) is 1.99. The summed E-state index contributed by atoms with van der Waals surface area (Å²) in [6, 6.07) is 6.14. The van der Waals surface area contributed by atoms with E-state index >= 15 is 0 Å². The minimum atomic E-state index is -0.102. The molecule has 0 radical (unpaired) electrons. The quantitative estimate of drug-likeness (QED) is 0.768. The summed E-state index contributed by atoms with van der Waals surface area (Å²) in [6.45, 7) is 6.93. The van der Waals surface area contributed by atoms with Crippen molar-refractivity contribution in [3.8, 4) is 5.75 Å². The van der Waals surface area contributed by atoms with E-state index < -0.39 is 0 Å². The van der Waals surface area contributed by atoms with E-state index in [0.717, 1.165) is 22.6 Å². The predicted octanol–water partition coefficient (Wildman–Crippen LogP) is 4.63. The average molecular weight is 293 g/mol. The Morgan fingerprint density at radius 3 is 2.75 bits per heavy atom. The van der Waals surface area contributed by atoms with E-state index in [0.29, 0.717) is 6.61 Å². The van der Waals surface area contributed by atoms with E-state index in [1.165, 1.54) is 19.3 Å². The molecule has 0 spiro atoms. The van der Waals surface area contributed by atoms with Crippen LogP contribution in [0.3, 0.4) is 0 Å². The van der Waals surface area contributed by atoms with Gasteiger partial charge in [0.15, 0.2) is 0 Å². The zero-order valence-electron chi connectivity index (χ0n) is 12.3. The van der Waals surface area contributed by atoms with Gasteiger partial charge in [0.25, 0.3) is 0 Å².